The zero-order valence-corrected chi connectivity index (χ0v) is 13.4. The van der Waals surface area contributed by atoms with Crippen LogP contribution in [0.25, 0.3) is 22.4 Å². The number of hydrogen-bond donors (Lipinski definition) is 0. The zero-order valence-electron chi connectivity index (χ0n) is 12.6. The molecule has 0 aliphatic carbocycles. The van der Waals surface area contributed by atoms with Gasteiger partial charge in [-0.05, 0) is 24.3 Å². The molecule has 0 bridgehead atoms. The predicted octanol–water partition coefficient (Wildman–Crippen LogP) is 1.67. The van der Waals surface area contributed by atoms with Gasteiger partial charge >= 0.3 is 0 Å². The fraction of sp³-hybridized carbons (Fsp3) is 0. The monoisotopic (exact) mass is 351 g/mol. The average Bonchev–Trinajstić information content (AvgIpc) is 3.16. The van der Waals surface area contributed by atoms with Crippen LogP contribution in [-0.4, -0.2) is 24.5 Å². The number of nitro groups is 1. The Balaban J connectivity index is 1.86. The molecule has 122 valence electrons. The van der Waals surface area contributed by atoms with Gasteiger partial charge in [-0.2, -0.15) is 9.50 Å². The molecule has 0 atom stereocenters. The fourth-order valence-corrected chi connectivity index (χ4v) is 3.27. The summed E-state index contributed by atoms with van der Waals surface area (Å²) < 4.78 is 1.54. The van der Waals surface area contributed by atoms with Crippen LogP contribution in [0.5, 0.6) is 0 Å². The fourth-order valence-electron chi connectivity index (χ4n) is 2.37. The van der Waals surface area contributed by atoms with E-state index >= 15 is 0 Å². The van der Waals surface area contributed by atoms with Crippen LogP contribution in [0.1, 0.15) is 5.56 Å². The molecule has 0 spiro atoms. The van der Waals surface area contributed by atoms with Crippen molar-refractivity contribution in [1.82, 2.24) is 19.6 Å². The molecular formula is C16H9N5O3S. The molecule has 0 radical (unpaired) electrons. The van der Waals surface area contributed by atoms with Crippen molar-refractivity contribution in [1.29, 1.82) is 0 Å². The normalized spacial score (nSPS) is 11.9. The highest BCUT2D eigenvalue weighted by molar-refractivity contribution is 7.15. The summed E-state index contributed by atoms with van der Waals surface area (Å²) in [4.78, 5) is 31.9. The van der Waals surface area contributed by atoms with Crippen molar-refractivity contribution in [2.75, 3.05) is 0 Å². The Morgan fingerprint density at radius 3 is 2.76 bits per heavy atom. The number of fused-ring (bicyclic) bond motifs is 1. The van der Waals surface area contributed by atoms with E-state index in [2.05, 4.69) is 15.1 Å². The highest BCUT2D eigenvalue weighted by Gasteiger charge is 2.14. The van der Waals surface area contributed by atoms with Gasteiger partial charge in [0.05, 0.1) is 15.0 Å². The topological polar surface area (TPSA) is 103 Å². The third-order valence-electron chi connectivity index (χ3n) is 3.52. The second-order valence-corrected chi connectivity index (χ2v) is 6.11. The maximum atomic E-state index is 12.5. The van der Waals surface area contributed by atoms with Crippen molar-refractivity contribution in [3.8, 4) is 11.4 Å². The first-order valence-electron chi connectivity index (χ1n) is 7.18. The maximum absolute atomic E-state index is 12.5. The molecule has 4 aromatic rings. The Bertz CT molecular complexity index is 1200. The summed E-state index contributed by atoms with van der Waals surface area (Å²) in [6, 6.07) is 9.81. The molecule has 1 aromatic carbocycles. The summed E-state index contributed by atoms with van der Waals surface area (Å²) in [6.07, 6.45) is 4.75. The van der Waals surface area contributed by atoms with E-state index < -0.39 is 4.92 Å². The molecule has 0 saturated carbocycles. The average molecular weight is 351 g/mol. The Morgan fingerprint density at radius 2 is 2.04 bits per heavy atom. The standard InChI is InChI=1S/C16H9N5O3S/c22-15-13(8-10-4-1-2-6-12(10)21(23)24)25-16-18-14(19-20(15)16)11-5-3-7-17-9-11/h1-9H. The van der Waals surface area contributed by atoms with Crippen molar-refractivity contribution < 1.29 is 4.92 Å². The van der Waals surface area contributed by atoms with Crippen molar-refractivity contribution in [3.05, 3.63) is 79.4 Å². The molecule has 0 N–H and O–H groups in total. The van der Waals surface area contributed by atoms with Crippen LogP contribution in [-0.2, 0) is 0 Å². The molecule has 8 nitrogen and oxygen atoms in total. The third kappa shape index (κ3) is 2.66. The van der Waals surface area contributed by atoms with Gasteiger partial charge in [0.1, 0.15) is 0 Å². The molecular weight excluding hydrogens is 342 g/mol. The Hall–Kier alpha value is -3.46. The molecule has 0 aliphatic rings. The summed E-state index contributed by atoms with van der Waals surface area (Å²) in [5.41, 5.74) is 0.654. The SMILES string of the molecule is O=c1c(=Cc2ccccc2[N+](=O)[O-])sc2nc(-c3cccnc3)nn12. The first kappa shape index (κ1) is 15.1. The van der Waals surface area contributed by atoms with Crippen molar-refractivity contribution in [3.63, 3.8) is 0 Å². The molecule has 0 amide bonds. The van der Waals surface area contributed by atoms with Crippen LogP contribution < -0.4 is 10.1 Å². The summed E-state index contributed by atoms with van der Waals surface area (Å²) in [7, 11) is 0. The van der Waals surface area contributed by atoms with E-state index in [9.17, 15) is 14.9 Å². The molecule has 0 aliphatic heterocycles. The van der Waals surface area contributed by atoms with Gasteiger partial charge in [0.15, 0.2) is 5.82 Å². The van der Waals surface area contributed by atoms with Crippen LogP contribution in [0, 0.1) is 10.1 Å². The third-order valence-corrected chi connectivity index (χ3v) is 4.48. The summed E-state index contributed by atoms with van der Waals surface area (Å²) >= 11 is 1.13. The van der Waals surface area contributed by atoms with E-state index in [0.717, 1.165) is 11.3 Å². The Labute approximate surface area is 143 Å². The lowest BCUT2D eigenvalue weighted by atomic mass is 10.2. The molecule has 0 unspecified atom stereocenters. The number of nitrogens with zero attached hydrogens (tertiary/aromatic N) is 5. The van der Waals surface area contributed by atoms with E-state index in [4.69, 9.17) is 0 Å². The molecule has 0 saturated heterocycles. The lowest BCUT2D eigenvalue weighted by Gasteiger charge is -1.94. The molecule has 3 heterocycles. The smallest absolute Gasteiger partial charge is 0.266 e. The zero-order chi connectivity index (χ0) is 17.4. The van der Waals surface area contributed by atoms with Crippen LogP contribution in [0.3, 0.4) is 0 Å². The van der Waals surface area contributed by atoms with Crippen LogP contribution >= 0.6 is 11.3 Å². The van der Waals surface area contributed by atoms with E-state index in [1.54, 1.807) is 42.7 Å². The van der Waals surface area contributed by atoms with Crippen molar-refractivity contribution in [2.24, 2.45) is 0 Å². The van der Waals surface area contributed by atoms with Gasteiger partial charge in [-0.15, -0.1) is 5.10 Å². The van der Waals surface area contributed by atoms with E-state index in [1.807, 2.05) is 0 Å². The van der Waals surface area contributed by atoms with Gasteiger partial charge in [0, 0.05) is 24.0 Å². The second-order valence-electron chi connectivity index (χ2n) is 5.10. The highest BCUT2D eigenvalue weighted by Crippen LogP contribution is 2.19. The van der Waals surface area contributed by atoms with E-state index in [0.29, 0.717) is 26.4 Å². The Kier molecular flexibility index (Phi) is 3.55. The molecule has 0 fully saturated rings. The number of hydrogen-bond acceptors (Lipinski definition) is 7. The van der Waals surface area contributed by atoms with Gasteiger partial charge in [-0.1, -0.05) is 23.5 Å². The molecule has 3 aromatic heterocycles. The second kappa shape index (κ2) is 5.87. The minimum Gasteiger partial charge on any atom is -0.266 e. The van der Waals surface area contributed by atoms with Gasteiger partial charge < -0.3 is 0 Å². The predicted molar refractivity (Wildman–Crippen MR) is 92.2 cm³/mol. The van der Waals surface area contributed by atoms with Gasteiger partial charge in [0.2, 0.25) is 4.96 Å². The van der Waals surface area contributed by atoms with E-state index in [1.165, 1.54) is 16.7 Å². The van der Waals surface area contributed by atoms with Crippen molar-refractivity contribution >= 4 is 28.1 Å². The first-order chi connectivity index (χ1) is 12.1. The lowest BCUT2D eigenvalue weighted by Crippen LogP contribution is -2.23. The largest absolute Gasteiger partial charge is 0.291 e. The minimum absolute atomic E-state index is 0.0584. The van der Waals surface area contributed by atoms with Crippen LogP contribution in [0.2, 0.25) is 0 Å². The number of pyridine rings is 1. The number of nitro benzene ring substituents is 1. The maximum Gasteiger partial charge on any atom is 0.291 e. The lowest BCUT2D eigenvalue weighted by molar-refractivity contribution is -0.385. The van der Waals surface area contributed by atoms with Crippen molar-refractivity contribution in [2.45, 2.75) is 0 Å². The van der Waals surface area contributed by atoms with Gasteiger partial charge in [-0.25, -0.2) is 0 Å². The van der Waals surface area contributed by atoms with Gasteiger partial charge in [0.25, 0.3) is 11.2 Å². The number of thiazole rings is 1. The quantitative estimate of drug-likeness (QED) is 0.411. The highest BCUT2D eigenvalue weighted by atomic mass is 32.1. The number of rotatable bonds is 3. The van der Waals surface area contributed by atoms with Gasteiger partial charge in [-0.3, -0.25) is 19.9 Å². The molecule has 25 heavy (non-hydrogen) atoms. The summed E-state index contributed by atoms with van der Waals surface area (Å²) in [6.45, 7) is 0. The summed E-state index contributed by atoms with van der Waals surface area (Å²) in [5, 5.41) is 15.3. The molecule has 9 heteroatoms. The van der Waals surface area contributed by atoms with Crippen LogP contribution in [0.4, 0.5) is 5.69 Å². The summed E-state index contributed by atoms with van der Waals surface area (Å²) in [5.74, 6) is 0.411. The Morgan fingerprint density at radius 1 is 1.20 bits per heavy atom. The first-order valence-corrected chi connectivity index (χ1v) is 8.00. The van der Waals surface area contributed by atoms with E-state index in [-0.39, 0.29) is 11.2 Å². The number of aromatic nitrogens is 4. The number of para-hydroxylation sites is 1. The molecule has 4 rings (SSSR count). The van der Waals surface area contributed by atoms with Crippen LogP contribution in [0.15, 0.2) is 53.6 Å². The minimum atomic E-state index is -0.478. The number of benzene rings is 1.